The zero-order valence-corrected chi connectivity index (χ0v) is 19.8. The van der Waals surface area contributed by atoms with E-state index < -0.39 is 0 Å². The van der Waals surface area contributed by atoms with Gasteiger partial charge in [0, 0.05) is 48.8 Å². The first-order valence-corrected chi connectivity index (χ1v) is 12.2. The Morgan fingerprint density at radius 3 is 2.53 bits per heavy atom. The summed E-state index contributed by atoms with van der Waals surface area (Å²) < 4.78 is 12.9. The number of rotatable bonds is 7. The second-order valence-electron chi connectivity index (χ2n) is 8.72. The van der Waals surface area contributed by atoms with Crippen molar-refractivity contribution in [3.8, 4) is 16.9 Å². The third-order valence-electron chi connectivity index (χ3n) is 6.58. The summed E-state index contributed by atoms with van der Waals surface area (Å²) in [6.07, 6.45) is 1.01. The number of hydrogen-bond acceptors (Lipinski definition) is 5. The highest BCUT2D eigenvalue weighted by Crippen LogP contribution is 2.25. The third kappa shape index (κ3) is 5.18. The summed E-state index contributed by atoms with van der Waals surface area (Å²) in [6.45, 7) is 5.28. The molecule has 0 bridgehead atoms. The SMILES string of the molecule is O=C(NC[C@@H]([C@@H]1CCOC1)N1CCOCC1)c1cc(-c2ccc(Cl)cc2)nn1-c1ccccc1. The molecular weight excluding hydrogens is 452 g/mol. The molecule has 3 aromatic rings. The number of morpholine rings is 1. The van der Waals surface area contributed by atoms with Crippen molar-refractivity contribution in [2.45, 2.75) is 12.5 Å². The van der Waals surface area contributed by atoms with Crippen LogP contribution in [0.15, 0.2) is 60.7 Å². The van der Waals surface area contributed by atoms with Gasteiger partial charge in [0.15, 0.2) is 0 Å². The molecule has 5 rings (SSSR count). The summed E-state index contributed by atoms with van der Waals surface area (Å²) in [7, 11) is 0. The smallest absolute Gasteiger partial charge is 0.270 e. The molecule has 0 radical (unpaired) electrons. The zero-order chi connectivity index (χ0) is 23.3. The summed E-state index contributed by atoms with van der Waals surface area (Å²) in [4.78, 5) is 15.9. The Morgan fingerprint density at radius 2 is 1.82 bits per heavy atom. The van der Waals surface area contributed by atoms with Crippen LogP contribution in [0.5, 0.6) is 0 Å². The number of aromatic nitrogens is 2. The minimum Gasteiger partial charge on any atom is -0.381 e. The average molecular weight is 481 g/mol. The van der Waals surface area contributed by atoms with Crippen LogP contribution in [-0.4, -0.2) is 72.7 Å². The van der Waals surface area contributed by atoms with Crippen molar-refractivity contribution >= 4 is 17.5 Å². The Balaban J connectivity index is 1.39. The molecule has 8 heteroatoms. The number of ether oxygens (including phenoxy) is 2. The fourth-order valence-electron chi connectivity index (χ4n) is 4.72. The van der Waals surface area contributed by atoms with Crippen LogP contribution in [0.4, 0.5) is 0 Å². The molecule has 2 aromatic carbocycles. The van der Waals surface area contributed by atoms with Crippen LogP contribution >= 0.6 is 11.6 Å². The molecule has 0 aliphatic carbocycles. The molecule has 1 amide bonds. The van der Waals surface area contributed by atoms with Gasteiger partial charge >= 0.3 is 0 Å². The number of carbonyl (C=O) groups excluding carboxylic acids is 1. The van der Waals surface area contributed by atoms with Gasteiger partial charge in [0.05, 0.1) is 31.2 Å². The zero-order valence-electron chi connectivity index (χ0n) is 19.0. The van der Waals surface area contributed by atoms with Gasteiger partial charge < -0.3 is 14.8 Å². The highest BCUT2D eigenvalue weighted by Gasteiger charge is 2.32. The van der Waals surface area contributed by atoms with Gasteiger partial charge in [-0.05, 0) is 36.8 Å². The molecule has 2 aliphatic heterocycles. The van der Waals surface area contributed by atoms with Crippen molar-refractivity contribution in [3.05, 3.63) is 71.4 Å². The average Bonchev–Trinajstić information content (AvgIpc) is 3.57. The second kappa shape index (κ2) is 10.7. The second-order valence-corrected chi connectivity index (χ2v) is 9.15. The monoisotopic (exact) mass is 480 g/mol. The molecule has 0 saturated carbocycles. The lowest BCUT2D eigenvalue weighted by atomic mass is 9.97. The molecular formula is C26H29ClN4O3. The molecule has 1 N–H and O–H groups in total. The van der Waals surface area contributed by atoms with Crippen molar-refractivity contribution in [3.63, 3.8) is 0 Å². The molecule has 7 nitrogen and oxygen atoms in total. The van der Waals surface area contributed by atoms with Gasteiger partial charge in [0.2, 0.25) is 0 Å². The van der Waals surface area contributed by atoms with E-state index in [0.717, 1.165) is 62.9 Å². The van der Waals surface area contributed by atoms with Crippen molar-refractivity contribution < 1.29 is 14.3 Å². The predicted molar refractivity (Wildman–Crippen MR) is 131 cm³/mol. The van der Waals surface area contributed by atoms with Crippen LogP contribution < -0.4 is 5.32 Å². The number of nitrogens with zero attached hydrogens (tertiary/aromatic N) is 3. The number of halogens is 1. The van der Waals surface area contributed by atoms with E-state index in [9.17, 15) is 4.79 Å². The summed E-state index contributed by atoms with van der Waals surface area (Å²) in [5.74, 6) is 0.260. The molecule has 1 aromatic heterocycles. The summed E-state index contributed by atoms with van der Waals surface area (Å²) in [6, 6.07) is 19.3. The maximum absolute atomic E-state index is 13.5. The summed E-state index contributed by atoms with van der Waals surface area (Å²) >= 11 is 6.06. The fourth-order valence-corrected chi connectivity index (χ4v) is 4.84. The minimum absolute atomic E-state index is 0.145. The maximum atomic E-state index is 13.5. The number of para-hydroxylation sites is 1. The van der Waals surface area contributed by atoms with Crippen molar-refractivity contribution in [1.82, 2.24) is 20.0 Å². The first-order chi connectivity index (χ1) is 16.7. The van der Waals surface area contributed by atoms with E-state index in [0.29, 0.717) is 23.2 Å². The molecule has 2 aliphatic rings. The first-order valence-electron chi connectivity index (χ1n) is 11.8. The topological polar surface area (TPSA) is 68.6 Å². The van der Waals surface area contributed by atoms with Crippen LogP contribution in [-0.2, 0) is 9.47 Å². The highest BCUT2D eigenvalue weighted by atomic mass is 35.5. The van der Waals surface area contributed by atoms with Crippen molar-refractivity contribution in [2.75, 3.05) is 46.1 Å². The molecule has 3 heterocycles. The molecule has 2 atom stereocenters. The third-order valence-corrected chi connectivity index (χ3v) is 6.83. The Bertz CT molecular complexity index is 1090. The van der Waals surface area contributed by atoms with Gasteiger partial charge in [0.1, 0.15) is 5.69 Å². The van der Waals surface area contributed by atoms with Gasteiger partial charge in [-0.25, -0.2) is 4.68 Å². The summed E-state index contributed by atoms with van der Waals surface area (Å²) in [5.41, 5.74) is 2.96. The van der Waals surface area contributed by atoms with Crippen LogP contribution in [0.3, 0.4) is 0 Å². The van der Waals surface area contributed by atoms with E-state index in [1.165, 1.54) is 0 Å². The van der Waals surface area contributed by atoms with Crippen molar-refractivity contribution in [2.24, 2.45) is 5.92 Å². The van der Waals surface area contributed by atoms with E-state index in [2.05, 4.69) is 10.2 Å². The summed E-state index contributed by atoms with van der Waals surface area (Å²) in [5, 5.41) is 8.62. The molecule has 0 unspecified atom stereocenters. The minimum atomic E-state index is -0.145. The normalized spacial score (nSPS) is 19.7. The van der Waals surface area contributed by atoms with E-state index >= 15 is 0 Å². The van der Waals surface area contributed by atoms with Crippen LogP contribution in [0.2, 0.25) is 5.02 Å². The molecule has 178 valence electrons. The van der Waals surface area contributed by atoms with Crippen LogP contribution in [0.1, 0.15) is 16.9 Å². The predicted octanol–water partition coefficient (Wildman–Crippen LogP) is 3.66. The lowest BCUT2D eigenvalue weighted by molar-refractivity contribution is 0.00164. The maximum Gasteiger partial charge on any atom is 0.270 e. The molecule has 0 spiro atoms. The lowest BCUT2D eigenvalue weighted by Gasteiger charge is -2.37. The Morgan fingerprint density at radius 1 is 1.06 bits per heavy atom. The Hall–Kier alpha value is -2.71. The largest absolute Gasteiger partial charge is 0.381 e. The number of hydrogen-bond donors (Lipinski definition) is 1. The number of amides is 1. The molecule has 2 fully saturated rings. The number of carbonyl (C=O) groups is 1. The van der Waals surface area contributed by atoms with Crippen LogP contribution in [0.25, 0.3) is 16.9 Å². The number of benzene rings is 2. The van der Waals surface area contributed by atoms with Gasteiger partial charge in [-0.2, -0.15) is 5.10 Å². The molecule has 34 heavy (non-hydrogen) atoms. The lowest BCUT2D eigenvalue weighted by Crippen LogP contribution is -2.52. The van der Waals surface area contributed by atoms with E-state index in [1.807, 2.05) is 60.7 Å². The highest BCUT2D eigenvalue weighted by molar-refractivity contribution is 6.30. The fraction of sp³-hybridized carbons (Fsp3) is 0.385. The molecule has 2 saturated heterocycles. The van der Waals surface area contributed by atoms with Gasteiger partial charge in [0.25, 0.3) is 5.91 Å². The van der Waals surface area contributed by atoms with Gasteiger partial charge in [-0.1, -0.05) is 41.9 Å². The Kier molecular flexibility index (Phi) is 7.25. The van der Waals surface area contributed by atoms with Gasteiger partial charge in [-0.15, -0.1) is 0 Å². The van der Waals surface area contributed by atoms with E-state index in [4.69, 9.17) is 26.2 Å². The van der Waals surface area contributed by atoms with Gasteiger partial charge in [-0.3, -0.25) is 9.69 Å². The number of nitrogens with one attached hydrogen (secondary N) is 1. The quantitative estimate of drug-likeness (QED) is 0.559. The van der Waals surface area contributed by atoms with Crippen molar-refractivity contribution in [1.29, 1.82) is 0 Å². The van der Waals surface area contributed by atoms with Crippen LogP contribution in [0, 0.1) is 5.92 Å². The first kappa shape index (κ1) is 23.1. The Labute approximate surface area is 204 Å². The van der Waals surface area contributed by atoms with E-state index in [-0.39, 0.29) is 11.9 Å². The van der Waals surface area contributed by atoms with E-state index in [1.54, 1.807) is 4.68 Å². The standard InChI is InChI=1S/C26H29ClN4O3/c27-21-8-6-19(7-9-21)23-16-24(31(29-23)22-4-2-1-3-5-22)26(32)28-17-25(20-10-13-34-18-20)30-11-14-33-15-12-30/h1-9,16,20,25H,10-15,17-18H2,(H,28,32)/t20-,25+/m1/s1.